The van der Waals surface area contributed by atoms with E-state index in [1.165, 1.54) is 12.1 Å². The van der Waals surface area contributed by atoms with E-state index in [9.17, 15) is 24.8 Å². The number of aliphatic hydroxyl groups excluding tert-OH is 1. The number of nitro benzene ring substituents is 1. The van der Waals surface area contributed by atoms with Crippen LogP contribution in [0.4, 0.5) is 5.69 Å². The van der Waals surface area contributed by atoms with Crippen LogP contribution in [0.25, 0.3) is 0 Å². The minimum atomic E-state index is -0.760. The van der Waals surface area contributed by atoms with Gasteiger partial charge >= 0.3 is 0 Å². The molecule has 126 valence electrons. The summed E-state index contributed by atoms with van der Waals surface area (Å²) in [6, 6.07) is 3.85. The van der Waals surface area contributed by atoms with Crippen LogP contribution in [0.15, 0.2) is 23.1 Å². The lowest BCUT2D eigenvalue weighted by Crippen LogP contribution is -2.49. The lowest BCUT2D eigenvalue weighted by molar-refractivity contribution is -0.387. The molecular formula is C14H19N3O5S. The zero-order chi connectivity index (χ0) is 17.6. The van der Waals surface area contributed by atoms with Crippen LogP contribution >= 0.6 is 11.8 Å². The Bertz CT molecular complexity index is 616. The highest BCUT2D eigenvalue weighted by Gasteiger charge is 2.24. The number of nitro groups is 1. The van der Waals surface area contributed by atoms with Gasteiger partial charge in [0.15, 0.2) is 0 Å². The Balaban J connectivity index is 2.83. The highest BCUT2D eigenvalue weighted by atomic mass is 32.2. The number of nitrogens with one attached hydrogen (secondary N) is 1. The van der Waals surface area contributed by atoms with Gasteiger partial charge in [0.1, 0.15) is 0 Å². The van der Waals surface area contributed by atoms with E-state index < -0.39 is 16.4 Å². The fourth-order valence-electron chi connectivity index (χ4n) is 1.69. The summed E-state index contributed by atoms with van der Waals surface area (Å²) >= 11 is 0.978. The molecule has 1 aromatic carbocycles. The third-order valence-electron chi connectivity index (χ3n) is 3.37. The lowest BCUT2D eigenvalue weighted by atomic mass is 10.0. The normalized spacial score (nSPS) is 13.2. The van der Waals surface area contributed by atoms with Crippen LogP contribution in [0.5, 0.6) is 0 Å². The van der Waals surface area contributed by atoms with E-state index in [-0.39, 0.29) is 34.4 Å². The molecule has 0 fully saturated rings. The van der Waals surface area contributed by atoms with Crippen molar-refractivity contribution in [2.24, 2.45) is 5.73 Å². The van der Waals surface area contributed by atoms with Crippen molar-refractivity contribution < 1.29 is 19.6 Å². The standard InChI is InChI=1S/C14H19N3O5S/c1-3-14(2,8-18)16-12(19)7-23-11-5-4-9(13(15)20)6-10(11)17(21)22/h4-6,18H,3,7-8H2,1-2H3,(H2,15,20)(H,16,19)/t14-/m0/s1. The predicted molar refractivity (Wildman–Crippen MR) is 86.3 cm³/mol. The summed E-state index contributed by atoms with van der Waals surface area (Å²) in [6.45, 7) is 3.34. The summed E-state index contributed by atoms with van der Waals surface area (Å²) in [7, 11) is 0. The summed E-state index contributed by atoms with van der Waals surface area (Å²) in [6.07, 6.45) is 0.549. The van der Waals surface area contributed by atoms with Crippen molar-refractivity contribution in [2.45, 2.75) is 30.7 Å². The van der Waals surface area contributed by atoms with Crippen LogP contribution in [-0.2, 0) is 4.79 Å². The van der Waals surface area contributed by atoms with Gasteiger partial charge in [-0.1, -0.05) is 6.92 Å². The number of hydrogen-bond acceptors (Lipinski definition) is 6. The Morgan fingerprint density at radius 2 is 2.13 bits per heavy atom. The lowest BCUT2D eigenvalue weighted by Gasteiger charge is -2.27. The van der Waals surface area contributed by atoms with Crippen molar-refractivity contribution in [3.8, 4) is 0 Å². The van der Waals surface area contributed by atoms with Crippen LogP contribution in [0.3, 0.4) is 0 Å². The Hall–Kier alpha value is -2.13. The average molecular weight is 341 g/mol. The minimum absolute atomic E-state index is 0.0318. The molecule has 0 saturated heterocycles. The summed E-state index contributed by atoms with van der Waals surface area (Å²) in [4.78, 5) is 33.7. The van der Waals surface area contributed by atoms with Crippen molar-refractivity contribution in [3.05, 3.63) is 33.9 Å². The molecule has 9 heteroatoms. The van der Waals surface area contributed by atoms with Gasteiger partial charge < -0.3 is 16.2 Å². The topological polar surface area (TPSA) is 136 Å². The molecule has 0 spiro atoms. The third kappa shape index (κ3) is 5.22. The molecular weight excluding hydrogens is 322 g/mol. The quantitative estimate of drug-likeness (QED) is 0.367. The van der Waals surface area contributed by atoms with Gasteiger partial charge in [-0.15, -0.1) is 11.8 Å². The van der Waals surface area contributed by atoms with Crippen molar-refractivity contribution >= 4 is 29.3 Å². The van der Waals surface area contributed by atoms with E-state index in [4.69, 9.17) is 5.73 Å². The van der Waals surface area contributed by atoms with E-state index in [0.29, 0.717) is 6.42 Å². The largest absolute Gasteiger partial charge is 0.394 e. The van der Waals surface area contributed by atoms with E-state index in [1.807, 2.05) is 6.92 Å². The molecule has 0 aliphatic carbocycles. The molecule has 0 saturated carbocycles. The summed E-state index contributed by atoms with van der Waals surface area (Å²) in [5.41, 5.74) is 4.13. The highest BCUT2D eigenvalue weighted by Crippen LogP contribution is 2.30. The molecule has 4 N–H and O–H groups in total. The highest BCUT2D eigenvalue weighted by molar-refractivity contribution is 8.00. The SMILES string of the molecule is CC[C@@](C)(CO)NC(=O)CSc1ccc(C(N)=O)cc1[N+](=O)[O-]. The predicted octanol–water partition coefficient (Wildman–Crippen LogP) is 1.06. The number of nitrogens with zero attached hydrogens (tertiary/aromatic N) is 1. The molecule has 0 radical (unpaired) electrons. The van der Waals surface area contributed by atoms with Gasteiger partial charge in [0, 0.05) is 11.6 Å². The summed E-state index contributed by atoms with van der Waals surface area (Å²) < 4.78 is 0. The van der Waals surface area contributed by atoms with Gasteiger partial charge in [-0.05, 0) is 25.5 Å². The van der Waals surface area contributed by atoms with Crippen LogP contribution in [0.2, 0.25) is 0 Å². The molecule has 0 aromatic heterocycles. The molecule has 2 amide bonds. The number of carbonyl (C=O) groups is 2. The number of carbonyl (C=O) groups excluding carboxylic acids is 2. The maximum atomic E-state index is 11.9. The first kappa shape index (κ1) is 18.9. The minimum Gasteiger partial charge on any atom is -0.394 e. The first-order valence-corrected chi connectivity index (χ1v) is 7.84. The zero-order valence-electron chi connectivity index (χ0n) is 12.9. The van der Waals surface area contributed by atoms with Crippen LogP contribution in [-0.4, -0.2) is 39.7 Å². The number of primary amides is 1. The van der Waals surface area contributed by atoms with Gasteiger partial charge in [0.2, 0.25) is 11.8 Å². The van der Waals surface area contributed by atoms with Gasteiger partial charge in [0.05, 0.1) is 27.7 Å². The van der Waals surface area contributed by atoms with Crippen molar-refractivity contribution in [1.82, 2.24) is 5.32 Å². The second-order valence-corrected chi connectivity index (χ2v) is 6.23. The first-order valence-electron chi connectivity index (χ1n) is 6.85. The second-order valence-electron chi connectivity index (χ2n) is 5.21. The Labute approximate surface area is 137 Å². The van der Waals surface area contributed by atoms with Crippen LogP contribution < -0.4 is 11.1 Å². The second kappa shape index (κ2) is 7.93. The molecule has 0 aliphatic heterocycles. The Morgan fingerprint density at radius 3 is 2.61 bits per heavy atom. The molecule has 1 rings (SSSR count). The zero-order valence-corrected chi connectivity index (χ0v) is 13.7. The molecule has 23 heavy (non-hydrogen) atoms. The summed E-state index contributed by atoms with van der Waals surface area (Å²) in [5.74, 6) is -1.16. The van der Waals surface area contributed by atoms with Crippen molar-refractivity contribution in [3.63, 3.8) is 0 Å². The fourth-order valence-corrected chi connectivity index (χ4v) is 2.50. The molecule has 1 atom stereocenters. The van der Waals surface area contributed by atoms with E-state index in [2.05, 4.69) is 5.32 Å². The molecule has 0 heterocycles. The van der Waals surface area contributed by atoms with Crippen LogP contribution in [0.1, 0.15) is 30.6 Å². The van der Waals surface area contributed by atoms with Gasteiger partial charge in [-0.25, -0.2) is 0 Å². The van der Waals surface area contributed by atoms with E-state index in [1.54, 1.807) is 6.92 Å². The molecule has 8 nitrogen and oxygen atoms in total. The van der Waals surface area contributed by atoms with Gasteiger partial charge in [-0.3, -0.25) is 19.7 Å². The number of benzene rings is 1. The number of aliphatic hydroxyl groups is 1. The number of rotatable bonds is 8. The average Bonchev–Trinajstić information content (AvgIpc) is 2.52. The number of thioether (sulfide) groups is 1. The fraction of sp³-hybridized carbons (Fsp3) is 0.429. The van der Waals surface area contributed by atoms with Gasteiger partial charge in [-0.2, -0.15) is 0 Å². The van der Waals surface area contributed by atoms with E-state index >= 15 is 0 Å². The monoisotopic (exact) mass is 341 g/mol. The smallest absolute Gasteiger partial charge is 0.283 e. The maximum Gasteiger partial charge on any atom is 0.283 e. The number of hydrogen-bond donors (Lipinski definition) is 3. The molecule has 1 aromatic rings. The Kier molecular flexibility index (Phi) is 6.52. The van der Waals surface area contributed by atoms with Crippen molar-refractivity contribution in [2.75, 3.05) is 12.4 Å². The molecule has 0 bridgehead atoms. The maximum absolute atomic E-state index is 11.9. The third-order valence-corrected chi connectivity index (χ3v) is 4.43. The molecule has 0 aliphatic rings. The Morgan fingerprint density at radius 1 is 1.48 bits per heavy atom. The van der Waals surface area contributed by atoms with Crippen LogP contribution in [0, 0.1) is 10.1 Å². The summed E-state index contributed by atoms with van der Waals surface area (Å²) in [5, 5.41) is 23.0. The number of nitrogens with two attached hydrogens (primary N) is 1. The van der Waals surface area contributed by atoms with Crippen molar-refractivity contribution in [1.29, 1.82) is 0 Å². The first-order chi connectivity index (χ1) is 10.7. The molecule has 0 unspecified atom stereocenters. The number of amides is 2. The van der Waals surface area contributed by atoms with Gasteiger partial charge in [0.25, 0.3) is 5.69 Å². The van der Waals surface area contributed by atoms with E-state index in [0.717, 1.165) is 17.8 Å².